The van der Waals surface area contributed by atoms with Gasteiger partial charge in [-0.05, 0) is 42.0 Å². The van der Waals surface area contributed by atoms with Gasteiger partial charge < -0.3 is 10.6 Å². The van der Waals surface area contributed by atoms with Crippen molar-refractivity contribution in [2.24, 2.45) is 0 Å². The van der Waals surface area contributed by atoms with E-state index in [-0.39, 0.29) is 5.91 Å². The molecule has 0 aromatic heterocycles. The molecule has 0 heterocycles. The largest absolute Gasteiger partial charge is 0.381 e. The highest BCUT2D eigenvalue weighted by Gasteiger charge is 2.09. The highest BCUT2D eigenvalue weighted by Crippen LogP contribution is 2.19. The molecule has 0 saturated carbocycles. The van der Waals surface area contributed by atoms with Gasteiger partial charge >= 0.3 is 0 Å². The molecule has 1 amide bonds. The molecule has 3 rings (SSSR count). The summed E-state index contributed by atoms with van der Waals surface area (Å²) in [4.78, 5) is 12.2. The number of hydrogen-bond donors (Lipinski definition) is 2. The minimum Gasteiger partial charge on any atom is -0.381 e. The van der Waals surface area contributed by atoms with Crippen LogP contribution in [0.4, 0.5) is 11.4 Å². The average molecular weight is 337 g/mol. The molecular weight excluding hydrogens is 320 g/mol. The van der Waals surface area contributed by atoms with E-state index in [0.717, 1.165) is 17.9 Å². The summed E-state index contributed by atoms with van der Waals surface area (Å²) in [7, 11) is 0. The second-order valence-corrected chi connectivity index (χ2v) is 5.76. The molecule has 0 spiro atoms. The highest BCUT2D eigenvalue weighted by molar-refractivity contribution is 6.34. The van der Waals surface area contributed by atoms with Crippen LogP contribution in [0.15, 0.2) is 78.9 Å². The third-order valence-electron chi connectivity index (χ3n) is 3.60. The van der Waals surface area contributed by atoms with Gasteiger partial charge in [0.15, 0.2) is 0 Å². The maximum atomic E-state index is 12.2. The molecule has 3 aromatic rings. The van der Waals surface area contributed by atoms with Crippen molar-refractivity contribution in [1.29, 1.82) is 0 Å². The number of benzene rings is 3. The molecule has 0 atom stereocenters. The lowest BCUT2D eigenvalue weighted by Crippen LogP contribution is -2.12. The standard InChI is InChI=1S/C20H17ClN2O/c21-19-9-5-4-8-18(19)20(24)23-17-12-10-16(11-13-17)22-14-15-6-2-1-3-7-15/h1-13,22H,14H2,(H,23,24). The van der Waals surface area contributed by atoms with Crippen LogP contribution in [-0.2, 0) is 6.54 Å². The first-order valence-corrected chi connectivity index (χ1v) is 8.04. The summed E-state index contributed by atoms with van der Waals surface area (Å²) < 4.78 is 0. The van der Waals surface area contributed by atoms with Gasteiger partial charge in [-0.1, -0.05) is 54.1 Å². The first kappa shape index (κ1) is 16.1. The number of carbonyl (C=O) groups excluding carboxylic acids is 1. The van der Waals surface area contributed by atoms with Crippen molar-refractivity contribution in [3.8, 4) is 0 Å². The van der Waals surface area contributed by atoms with Gasteiger partial charge in [-0.2, -0.15) is 0 Å². The number of halogens is 1. The smallest absolute Gasteiger partial charge is 0.257 e. The third-order valence-corrected chi connectivity index (χ3v) is 3.93. The number of carbonyl (C=O) groups is 1. The van der Waals surface area contributed by atoms with E-state index in [1.807, 2.05) is 42.5 Å². The number of rotatable bonds is 5. The fourth-order valence-electron chi connectivity index (χ4n) is 2.32. The van der Waals surface area contributed by atoms with Crippen LogP contribution in [0.25, 0.3) is 0 Å². The van der Waals surface area contributed by atoms with Gasteiger partial charge in [-0.25, -0.2) is 0 Å². The lowest BCUT2D eigenvalue weighted by molar-refractivity contribution is 0.102. The molecule has 120 valence electrons. The molecule has 0 aliphatic rings. The van der Waals surface area contributed by atoms with Crippen LogP contribution in [-0.4, -0.2) is 5.91 Å². The fourth-order valence-corrected chi connectivity index (χ4v) is 2.54. The van der Waals surface area contributed by atoms with Gasteiger partial charge in [-0.3, -0.25) is 4.79 Å². The van der Waals surface area contributed by atoms with Gasteiger partial charge in [0, 0.05) is 17.9 Å². The molecule has 0 saturated heterocycles. The van der Waals surface area contributed by atoms with Crippen molar-refractivity contribution in [2.45, 2.75) is 6.54 Å². The zero-order valence-corrected chi connectivity index (χ0v) is 13.8. The predicted octanol–water partition coefficient (Wildman–Crippen LogP) is 5.20. The van der Waals surface area contributed by atoms with Gasteiger partial charge in [0.1, 0.15) is 0 Å². The monoisotopic (exact) mass is 336 g/mol. The van der Waals surface area contributed by atoms with E-state index in [1.54, 1.807) is 24.3 Å². The van der Waals surface area contributed by atoms with E-state index in [2.05, 4.69) is 22.8 Å². The summed E-state index contributed by atoms with van der Waals surface area (Å²) in [5.74, 6) is -0.217. The van der Waals surface area contributed by atoms with Crippen molar-refractivity contribution in [3.05, 3.63) is 95.0 Å². The third kappa shape index (κ3) is 4.15. The Morgan fingerprint density at radius 3 is 2.12 bits per heavy atom. The fraction of sp³-hybridized carbons (Fsp3) is 0.0500. The van der Waals surface area contributed by atoms with Gasteiger partial charge in [0.05, 0.1) is 10.6 Å². The minimum absolute atomic E-state index is 0.217. The Kier molecular flexibility index (Phi) is 5.14. The summed E-state index contributed by atoms with van der Waals surface area (Å²) in [5.41, 5.74) is 3.40. The van der Waals surface area contributed by atoms with E-state index in [1.165, 1.54) is 5.56 Å². The molecule has 0 fully saturated rings. The van der Waals surface area contributed by atoms with E-state index in [4.69, 9.17) is 11.6 Å². The molecule has 0 radical (unpaired) electrons. The van der Waals surface area contributed by atoms with Crippen molar-refractivity contribution in [3.63, 3.8) is 0 Å². The summed E-state index contributed by atoms with van der Waals surface area (Å²) >= 11 is 6.04. The quantitative estimate of drug-likeness (QED) is 0.672. The van der Waals surface area contributed by atoms with Gasteiger partial charge in [0.2, 0.25) is 0 Å². The second-order valence-electron chi connectivity index (χ2n) is 5.35. The minimum atomic E-state index is -0.217. The van der Waals surface area contributed by atoms with Crippen molar-refractivity contribution >= 4 is 28.9 Å². The number of nitrogens with one attached hydrogen (secondary N) is 2. The first-order chi connectivity index (χ1) is 11.7. The Labute approximate surface area is 146 Å². The van der Waals surface area contributed by atoms with Crippen molar-refractivity contribution in [2.75, 3.05) is 10.6 Å². The van der Waals surface area contributed by atoms with Crippen LogP contribution in [0.5, 0.6) is 0 Å². The van der Waals surface area contributed by atoms with Crippen LogP contribution >= 0.6 is 11.6 Å². The summed E-state index contributed by atoms with van der Waals surface area (Å²) in [6.07, 6.45) is 0. The molecule has 2 N–H and O–H groups in total. The van der Waals surface area contributed by atoms with Crippen LogP contribution in [0.1, 0.15) is 15.9 Å². The Bertz CT molecular complexity index is 817. The predicted molar refractivity (Wildman–Crippen MR) is 99.6 cm³/mol. The molecule has 0 unspecified atom stereocenters. The highest BCUT2D eigenvalue weighted by atomic mass is 35.5. The second kappa shape index (κ2) is 7.66. The Hall–Kier alpha value is -2.78. The van der Waals surface area contributed by atoms with Crippen LogP contribution in [0.2, 0.25) is 5.02 Å². The van der Waals surface area contributed by atoms with E-state index in [0.29, 0.717) is 10.6 Å². The zero-order chi connectivity index (χ0) is 16.8. The molecule has 0 aliphatic carbocycles. The summed E-state index contributed by atoms with van der Waals surface area (Å²) in [6.45, 7) is 0.756. The number of hydrogen-bond acceptors (Lipinski definition) is 2. The van der Waals surface area contributed by atoms with Crippen LogP contribution in [0.3, 0.4) is 0 Å². The number of anilines is 2. The molecular formula is C20H17ClN2O. The molecule has 4 heteroatoms. The van der Waals surface area contributed by atoms with E-state index < -0.39 is 0 Å². The van der Waals surface area contributed by atoms with Crippen LogP contribution < -0.4 is 10.6 Å². The van der Waals surface area contributed by atoms with Crippen LogP contribution in [0, 0.1) is 0 Å². The van der Waals surface area contributed by atoms with Crippen molar-refractivity contribution in [1.82, 2.24) is 0 Å². The lowest BCUT2D eigenvalue weighted by Gasteiger charge is -2.09. The molecule has 3 nitrogen and oxygen atoms in total. The molecule has 0 aliphatic heterocycles. The first-order valence-electron chi connectivity index (χ1n) is 7.66. The molecule has 3 aromatic carbocycles. The maximum absolute atomic E-state index is 12.2. The zero-order valence-electron chi connectivity index (χ0n) is 13.0. The number of amides is 1. The average Bonchev–Trinajstić information content (AvgIpc) is 2.62. The van der Waals surface area contributed by atoms with Gasteiger partial charge in [0.25, 0.3) is 5.91 Å². The van der Waals surface area contributed by atoms with Crippen molar-refractivity contribution < 1.29 is 4.79 Å². The topological polar surface area (TPSA) is 41.1 Å². The van der Waals surface area contributed by atoms with E-state index in [9.17, 15) is 4.79 Å². The molecule has 24 heavy (non-hydrogen) atoms. The normalized spacial score (nSPS) is 10.2. The Morgan fingerprint density at radius 1 is 0.792 bits per heavy atom. The lowest BCUT2D eigenvalue weighted by atomic mass is 10.2. The Balaban J connectivity index is 1.60. The maximum Gasteiger partial charge on any atom is 0.257 e. The SMILES string of the molecule is O=C(Nc1ccc(NCc2ccccc2)cc1)c1ccccc1Cl. The van der Waals surface area contributed by atoms with Gasteiger partial charge in [-0.15, -0.1) is 0 Å². The molecule has 0 bridgehead atoms. The van der Waals surface area contributed by atoms with E-state index >= 15 is 0 Å². The summed E-state index contributed by atoms with van der Waals surface area (Å²) in [6, 6.07) is 24.8. The Morgan fingerprint density at radius 2 is 1.42 bits per heavy atom. The summed E-state index contributed by atoms with van der Waals surface area (Å²) in [5, 5.41) is 6.64.